The Labute approximate surface area is 116 Å². The Hall–Kier alpha value is -2.69. The molecule has 20 heavy (non-hydrogen) atoms. The number of rotatable bonds is 5. The molecule has 2 N–H and O–H groups in total. The molecule has 2 rings (SSSR count). The number of carboxylic acids is 1. The number of carbonyl (C=O) groups is 2. The molecule has 5 heteroatoms. The van der Waals surface area contributed by atoms with Gasteiger partial charge >= 0.3 is 5.97 Å². The minimum Gasteiger partial charge on any atom is -0.478 e. The highest BCUT2D eigenvalue weighted by Gasteiger charge is 2.09. The first-order valence-electron chi connectivity index (χ1n) is 6.09. The summed E-state index contributed by atoms with van der Waals surface area (Å²) in [7, 11) is 0. The van der Waals surface area contributed by atoms with Gasteiger partial charge in [-0.2, -0.15) is 0 Å². The molecule has 0 unspecified atom stereocenters. The molecule has 1 heterocycles. The fourth-order valence-corrected chi connectivity index (χ4v) is 1.75. The van der Waals surface area contributed by atoms with Crippen LogP contribution in [0, 0.1) is 6.92 Å². The van der Waals surface area contributed by atoms with Gasteiger partial charge in [0.25, 0.3) is 0 Å². The van der Waals surface area contributed by atoms with Crippen molar-refractivity contribution in [2.24, 2.45) is 0 Å². The topological polar surface area (TPSA) is 79.3 Å². The standard InChI is InChI=1S/C15H14N2O3/c1-10-4-5-11(15(19)20)7-13(10)17-9-14(18)12-3-2-6-16-8-12/h2-8,17H,9H2,1H3,(H,19,20). The number of pyridine rings is 1. The molecule has 5 nitrogen and oxygen atoms in total. The summed E-state index contributed by atoms with van der Waals surface area (Å²) < 4.78 is 0. The second-order valence-corrected chi connectivity index (χ2v) is 4.35. The van der Waals surface area contributed by atoms with E-state index in [1.165, 1.54) is 18.3 Å². The van der Waals surface area contributed by atoms with Crippen molar-refractivity contribution in [1.82, 2.24) is 4.98 Å². The van der Waals surface area contributed by atoms with Crippen LogP contribution in [0.5, 0.6) is 0 Å². The predicted molar refractivity (Wildman–Crippen MR) is 75.2 cm³/mol. The molecule has 0 aliphatic carbocycles. The average Bonchev–Trinajstić information content (AvgIpc) is 2.46. The van der Waals surface area contributed by atoms with Gasteiger partial charge in [-0.25, -0.2) is 4.79 Å². The Balaban J connectivity index is 2.09. The predicted octanol–water partition coefficient (Wildman–Crippen LogP) is 2.38. The molecule has 1 aromatic heterocycles. The minimum atomic E-state index is -0.994. The molecule has 0 fully saturated rings. The summed E-state index contributed by atoms with van der Waals surface area (Å²) in [5.74, 6) is -1.09. The van der Waals surface area contributed by atoms with Crippen LogP contribution in [0.15, 0.2) is 42.7 Å². The second kappa shape index (κ2) is 5.97. The van der Waals surface area contributed by atoms with Crippen molar-refractivity contribution in [2.45, 2.75) is 6.92 Å². The van der Waals surface area contributed by atoms with Crippen LogP contribution in [0.2, 0.25) is 0 Å². The maximum absolute atomic E-state index is 11.9. The molecule has 0 atom stereocenters. The Morgan fingerprint density at radius 3 is 2.70 bits per heavy atom. The smallest absolute Gasteiger partial charge is 0.335 e. The largest absolute Gasteiger partial charge is 0.478 e. The third-order valence-corrected chi connectivity index (χ3v) is 2.91. The highest BCUT2D eigenvalue weighted by Crippen LogP contribution is 2.17. The number of hydrogen-bond acceptors (Lipinski definition) is 4. The first kappa shape index (κ1) is 13.7. The molecule has 2 aromatic rings. The van der Waals surface area contributed by atoms with Crippen LogP contribution >= 0.6 is 0 Å². The molecule has 0 bridgehead atoms. The van der Waals surface area contributed by atoms with E-state index in [2.05, 4.69) is 10.3 Å². The van der Waals surface area contributed by atoms with Gasteiger partial charge in [0.2, 0.25) is 0 Å². The molecule has 0 aliphatic rings. The number of aryl methyl sites for hydroxylation is 1. The third-order valence-electron chi connectivity index (χ3n) is 2.91. The van der Waals surface area contributed by atoms with Crippen LogP contribution in [0.4, 0.5) is 5.69 Å². The van der Waals surface area contributed by atoms with Gasteiger partial charge in [0, 0.05) is 23.6 Å². The number of aromatic nitrogens is 1. The maximum atomic E-state index is 11.9. The van der Waals surface area contributed by atoms with Crippen LogP contribution in [-0.4, -0.2) is 28.4 Å². The van der Waals surface area contributed by atoms with Gasteiger partial charge in [0.05, 0.1) is 12.1 Å². The summed E-state index contributed by atoms with van der Waals surface area (Å²) in [6, 6.07) is 8.15. The molecule has 0 aliphatic heterocycles. The Bertz CT molecular complexity index is 639. The van der Waals surface area contributed by atoms with Crippen molar-refractivity contribution in [1.29, 1.82) is 0 Å². The van der Waals surface area contributed by atoms with E-state index >= 15 is 0 Å². The lowest BCUT2D eigenvalue weighted by atomic mass is 10.1. The number of nitrogens with zero attached hydrogens (tertiary/aromatic N) is 1. The molecule has 0 saturated heterocycles. The molecule has 102 valence electrons. The zero-order chi connectivity index (χ0) is 14.5. The van der Waals surface area contributed by atoms with E-state index in [4.69, 9.17) is 5.11 Å². The number of anilines is 1. The fourth-order valence-electron chi connectivity index (χ4n) is 1.75. The summed E-state index contributed by atoms with van der Waals surface area (Å²) >= 11 is 0. The number of Topliss-reactive ketones (excluding diaryl/α,β-unsaturated/α-hetero) is 1. The van der Waals surface area contributed by atoms with Gasteiger partial charge in [-0.1, -0.05) is 6.07 Å². The van der Waals surface area contributed by atoms with E-state index in [9.17, 15) is 9.59 Å². The lowest BCUT2D eigenvalue weighted by Gasteiger charge is -2.09. The molecule has 1 aromatic carbocycles. The number of ketones is 1. The van der Waals surface area contributed by atoms with Gasteiger partial charge in [0.15, 0.2) is 5.78 Å². The SMILES string of the molecule is Cc1ccc(C(=O)O)cc1NCC(=O)c1cccnc1. The van der Waals surface area contributed by atoms with Crippen molar-refractivity contribution in [3.05, 3.63) is 59.4 Å². The van der Waals surface area contributed by atoms with Crippen LogP contribution in [0.1, 0.15) is 26.3 Å². The summed E-state index contributed by atoms with van der Waals surface area (Å²) in [5.41, 5.74) is 2.23. The lowest BCUT2D eigenvalue weighted by molar-refractivity contribution is 0.0696. The van der Waals surface area contributed by atoms with Gasteiger partial charge in [-0.15, -0.1) is 0 Å². The van der Waals surface area contributed by atoms with E-state index in [-0.39, 0.29) is 17.9 Å². The summed E-state index contributed by atoms with van der Waals surface area (Å²) in [5, 5.41) is 11.9. The zero-order valence-electron chi connectivity index (χ0n) is 11.0. The summed E-state index contributed by atoms with van der Waals surface area (Å²) in [6.45, 7) is 1.94. The van der Waals surface area contributed by atoms with E-state index in [0.717, 1.165) is 5.56 Å². The molecule has 0 radical (unpaired) electrons. The van der Waals surface area contributed by atoms with Crippen LogP contribution in [-0.2, 0) is 0 Å². The molecular weight excluding hydrogens is 256 g/mol. The molecule has 0 spiro atoms. The Morgan fingerprint density at radius 2 is 2.05 bits per heavy atom. The van der Waals surface area contributed by atoms with Gasteiger partial charge in [-0.05, 0) is 36.8 Å². The Kier molecular flexibility index (Phi) is 4.10. The number of carbonyl (C=O) groups excluding carboxylic acids is 1. The summed E-state index contributed by atoms with van der Waals surface area (Å²) in [6.07, 6.45) is 3.11. The highest BCUT2D eigenvalue weighted by atomic mass is 16.4. The van der Waals surface area contributed by atoms with Crippen molar-refractivity contribution in [3.8, 4) is 0 Å². The first-order chi connectivity index (χ1) is 9.58. The Morgan fingerprint density at radius 1 is 1.25 bits per heavy atom. The number of benzene rings is 1. The van der Waals surface area contributed by atoms with Crippen molar-refractivity contribution < 1.29 is 14.7 Å². The maximum Gasteiger partial charge on any atom is 0.335 e. The molecule has 0 amide bonds. The normalized spacial score (nSPS) is 10.1. The van der Waals surface area contributed by atoms with Gasteiger partial charge in [-0.3, -0.25) is 9.78 Å². The molecular formula is C15H14N2O3. The second-order valence-electron chi connectivity index (χ2n) is 4.35. The quantitative estimate of drug-likeness (QED) is 0.815. The van der Waals surface area contributed by atoms with Crippen molar-refractivity contribution in [3.63, 3.8) is 0 Å². The third kappa shape index (κ3) is 3.20. The average molecular weight is 270 g/mol. The van der Waals surface area contributed by atoms with Gasteiger partial charge in [0.1, 0.15) is 0 Å². The highest BCUT2D eigenvalue weighted by molar-refractivity contribution is 5.99. The number of nitrogens with one attached hydrogen (secondary N) is 1. The van der Waals surface area contributed by atoms with E-state index in [1.54, 1.807) is 24.4 Å². The number of carboxylic acid groups (broad SMARTS) is 1. The van der Waals surface area contributed by atoms with Crippen molar-refractivity contribution in [2.75, 3.05) is 11.9 Å². The summed E-state index contributed by atoms with van der Waals surface area (Å²) in [4.78, 5) is 26.7. The number of aromatic carboxylic acids is 1. The van der Waals surface area contributed by atoms with Gasteiger partial charge < -0.3 is 10.4 Å². The number of hydrogen-bond donors (Lipinski definition) is 2. The monoisotopic (exact) mass is 270 g/mol. The van der Waals surface area contributed by atoms with Crippen molar-refractivity contribution >= 4 is 17.4 Å². The van der Waals surface area contributed by atoms with Crippen LogP contribution in [0.25, 0.3) is 0 Å². The zero-order valence-corrected chi connectivity index (χ0v) is 11.0. The van der Waals surface area contributed by atoms with Crippen LogP contribution in [0.3, 0.4) is 0 Å². The lowest BCUT2D eigenvalue weighted by Crippen LogP contribution is -2.15. The fraction of sp³-hybridized carbons (Fsp3) is 0.133. The minimum absolute atomic E-state index is 0.0929. The van der Waals surface area contributed by atoms with E-state index in [0.29, 0.717) is 11.3 Å². The first-order valence-corrected chi connectivity index (χ1v) is 6.09. The molecule has 0 saturated carbocycles. The van der Waals surface area contributed by atoms with Crippen LogP contribution < -0.4 is 5.32 Å². The van der Waals surface area contributed by atoms with E-state index < -0.39 is 5.97 Å². The van der Waals surface area contributed by atoms with E-state index in [1.807, 2.05) is 6.92 Å².